The molecule has 0 saturated heterocycles. The molecule has 14 heavy (non-hydrogen) atoms. The second-order valence-electron chi connectivity index (χ2n) is 2.74. The first-order valence-corrected chi connectivity index (χ1v) is 5.69. The fraction of sp³-hybridized carbons (Fsp3) is 0.200. The van der Waals surface area contributed by atoms with Gasteiger partial charge in [0.1, 0.15) is 5.82 Å². The predicted octanol–water partition coefficient (Wildman–Crippen LogP) is 3.58. The Morgan fingerprint density at radius 1 is 1.43 bits per heavy atom. The van der Waals surface area contributed by atoms with Crippen molar-refractivity contribution < 1.29 is 4.39 Å². The van der Waals surface area contributed by atoms with Crippen molar-refractivity contribution in [1.29, 1.82) is 0 Å². The summed E-state index contributed by atoms with van der Waals surface area (Å²) in [6, 6.07) is 3.27. The van der Waals surface area contributed by atoms with Crippen LogP contribution in [-0.2, 0) is 0 Å². The maximum atomic E-state index is 13.4. The van der Waals surface area contributed by atoms with Crippen LogP contribution in [0.1, 0.15) is 5.56 Å². The van der Waals surface area contributed by atoms with Crippen molar-refractivity contribution >= 4 is 37.9 Å². The summed E-state index contributed by atoms with van der Waals surface area (Å²) in [5, 5.41) is 2.95. The van der Waals surface area contributed by atoms with Crippen LogP contribution in [0, 0.1) is 5.82 Å². The minimum Gasteiger partial charge on any atom is -0.316 e. The van der Waals surface area contributed by atoms with Crippen LogP contribution in [0.25, 0.3) is 6.08 Å². The summed E-state index contributed by atoms with van der Waals surface area (Å²) in [7, 11) is 1.84. The number of hydrogen-bond acceptors (Lipinski definition) is 1. The lowest BCUT2D eigenvalue weighted by atomic mass is 10.2. The lowest BCUT2D eigenvalue weighted by Crippen LogP contribution is -2.03. The highest BCUT2D eigenvalue weighted by Crippen LogP contribution is 2.26. The Balaban J connectivity index is 2.96. The third-order valence-corrected chi connectivity index (χ3v) is 2.76. The first kappa shape index (κ1) is 11.9. The Bertz CT molecular complexity index is 327. The zero-order valence-electron chi connectivity index (χ0n) is 7.65. The van der Waals surface area contributed by atoms with Gasteiger partial charge in [-0.2, -0.15) is 0 Å². The van der Waals surface area contributed by atoms with E-state index >= 15 is 0 Å². The Morgan fingerprint density at radius 3 is 2.71 bits per heavy atom. The summed E-state index contributed by atoms with van der Waals surface area (Å²) in [5.41, 5.74) is 0.573. The van der Waals surface area contributed by atoms with Crippen LogP contribution in [0.2, 0.25) is 0 Å². The van der Waals surface area contributed by atoms with E-state index in [-0.39, 0.29) is 5.82 Å². The monoisotopic (exact) mass is 321 g/mol. The van der Waals surface area contributed by atoms with Gasteiger partial charge >= 0.3 is 0 Å². The van der Waals surface area contributed by atoms with E-state index in [0.717, 1.165) is 15.5 Å². The second kappa shape index (κ2) is 5.63. The van der Waals surface area contributed by atoms with E-state index in [9.17, 15) is 4.39 Å². The van der Waals surface area contributed by atoms with E-state index in [1.807, 2.05) is 19.2 Å². The molecule has 1 rings (SSSR count). The average Bonchev–Trinajstić information content (AvgIpc) is 2.09. The summed E-state index contributed by atoms with van der Waals surface area (Å²) in [4.78, 5) is 0. The van der Waals surface area contributed by atoms with Gasteiger partial charge in [0, 0.05) is 21.1 Å². The zero-order valence-corrected chi connectivity index (χ0v) is 10.8. The fourth-order valence-corrected chi connectivity index (χ4v) is 2.31. The third-order valence-electron chi connectivity index (χ3n) is 1.65. The fourth-order valence-electron chi connectivity index (χ4n) is 1.01. The second-order valence-corrected chi connectivity index (χ2v) is 4.51. The Morgan fingerprint density at radius 2 is 2.14 bits per heavy atom. The van der Waals surface area contributed by atoms with Gasteiger partial charge in [0.05, 0.1) is 0 Å². The lowest BCUT2D eigenvalue weighted by Gasteiger charge is -2.01. The van der Waals surface area contributed by atoms with Crippen LogP contribution in [0.5, 0.6) is 0 Å². The minimum atomic E-state index is -0.237. The van der Waals surface area contributed by atoms with Gasteiger partial charge in [-0.15, -0.1) is 0 Å². The highest BCUT2D eigenvalue weighted by Gasteiger charge is 2.04. The van der Waals surface area contributed by atoms with Crippen LogP contribution in [0.15, 0.2) is 27.2 Å². The largest absolute Gasteiger partial charge is 0.316 e. The van der Waals surface area contributed by atoms with E-state index in [1.165, 1.54) is 6.07 Å². The molecule has 0 aliphatic heterocycles. The van der Waals surface area contributed by atoms with Crippen molar-refractivity contribution in [2.75, 3.05) is 13.6 Å². The minimum absolute atomic E-state index is 0.237. The standard InChI is InChI=1S/C10H10Br2FN/c1-14-4-2-3-8-9(12)5-7(11)6-10(8)13/h2-3,5-6,14H,4H2,1H3. The third kappa shape index (κ3) is 3.19. The van der Waals surface area contributed by atoms with Gasteiger partial charge in [-0.25, -0.2) is 4.39 Å². The smallest absolute Gasteiger partial charge is 0.132 e. The van der Waals surface area contributed by atoms with Gasteiger partial charge in [-0.1, -0.05) is 44.0 Å². The van der Waals surface area contributed by atoms with Crippen LogP contribution in [0.4, 0.5) is 4.39 Å². The number of likely N-dealkylation sites (N-methyl/N-ethyl adjacent to an activating group) is 1. The summed E-state index contributed by atoms with van der Waals surface area (Å²) < 4.78 is 14.9. The van der Waals surface area contributed by atoms with Crippen molar-refractivity contribution in [2.45, 2.75) is 0 Å². The molecule has 0 aliphatic carbocycles. The highest BCUT2D eigenvalue weighted by molar-refractivity contribution is 9.11. The first-order valence-electron chi connectivity index (χ1n) is 4.11. The van der Waals surface area contributed by atoms with Crippen molar-refractivity contribution in [3.8, 4) is 0 Å². The Hall–Kier alpha value is -0.190. The van der Waals surface area contributed by atoms with E-state index in [0.29, 0.717) is 5.56 Å². The maximum absolute atomic E-state index is 13.4. The Labute approximate surface area is 99.7 Å². The van der Waals surface area contributed by atoms with Crippen molar-refractivity contribution in [1.82, 2.24) is 5.32 Å². The number of hydrogen-bond donors (Lipinski definition) is 1. The molecule has 1 N–H and O–H groups in total. The molecular weight excluding hydrogens is 313 g/mol. The molecule has 0 fully saturated rings. The average molecular weight is 323 g/mol. The molecule has 0 amide bonds. The van der Waals surface area contributed by atoms with Gasteiger partial charge in [0.15, 0.2) is 0 Å². The molecule has 0 unspecified atom stereocenters. The normalized spacial score (nSPS) is 11.1. The van der Waals surface area contributed by atoms with Gasteiger partial charge < -0.3 is 5.32 Å². The molecule has 0 atom stereocenters. The molecule has 0 bridgehead atoms. The van der Waals surface area contributed by atoms with E-state index in [2.05, 4.69) is 37.2 Å². The molecule has 1 aromatic rings. The molecule has 0 saturated carbocycles. The number of nitrogens with one attached hydrogen (secondary N) is 1. The van der Waals surface area contributed by atoms with Gasteiger partial charge in [-0.05, 0) is 19.2 Å². The number of benzene rings is 1. The Kier molecular flexibility index (Phi) is 4.78. The van der Waals surface area contributed by atoms with Gasteiger partial charge in [-0.3, -0.25) is 0 Å². The molecule has 0 spiro atoms. The molecule has 0 heterocycles. The molecule has 0 radical (unpaired) electrons. The number of rotatable bonds is 3. The van der Waals surface area contributed by atoms with Crippen molar-refractivity contribution in [3.05, 3.63) is 38.5 Å². The molecule has 0 aliphatic rings. The maximum Gasteiger partial charge on any atom is 0.132 e. The van der Waals surface area contributed by atoms with Crippen LogP contribution >= 0.6 is 31.9 Å². The van der Waals surface area contributed by atoms with Crippen LogP contribution in [0.3, 0.4) is 0 Å². The highest BCUT2D eigenvalue weighted by atomic mass is 79.9. The topological polar surface area (TPSA) is 12.0 Å². The molecule has 1 nitrogen and oxygen atoms in total. The molecule has 4 heteroatoms. The van der Waals surface area contributed by atoms with E-state index < -0.39 is 0 Å². The van der Waals surface area contributed by atoms with Gasteiger partial charge in [0.25, 0.3) is 0 Å². The summed E-state index contributed by atoms with van der Waals surface area (Å²) >= 11 is 6.53. The van der Waals surface area contributed by atoms with E-state index in [4.69, 9.17) is 0 Å². The van der Waals surface area contributed by atoms with Crippen LogP contribution < -0.4 is 5.32 Å². The SMILES string of the molecule is CNCC=Cc1c(F)cc(Br)cc1Br. The summed E-state index contributed by atoms with van der Waals surface area (Å²) in [6.45, 7) is 0.724. The van der Waals surface area contributed by atoms with Gasteiger partial charge in [0.2, 0.25) is 0 Å². The van der Waals surface area contributed by atoms with E-state index in [1.54, 1.807) is 6.08 Å². The molecule has 76 valence electrons. The molecule has 0 aromatic heterocycles. The first-order chi connectivity index (χ1) is 6.65. The lowest BCUT2D eigenvalue weighted by molar-refractivity contribution is 0.623. The summed E-state index contributed by atoms with van der Waals surface area (Å²) in [5.74, 6) is -0.237. The van der Waals surface area contributed by atoms with Crippen molar-refractivity contribution in [2.24, 2.45) is 0 Å². The molecular formula is C10H10Br2FN. The number of halogens is 3. The predicted molar refractivity (Wildman–Crippen MR) is 64.8 cm³/mol. The van der Waals surface area contributed by atoms with Crippen LogP contribution in [-0.4, -0.2) is 13.6 Å². The quantitative estimate of drug-likeness (QED) is 0.897. The van der Waals surface area contributed by atoms with Crippen molar-refractivity contribution in [3.63, 3.8) is 0 Å². The zero-order chi connectivity index (χ0) is 10.6. The molecule has 1 aromatic carbocycles. The summed E-state index contributed by atoms with van der Waals surface area (Å²) in [6.07, 6.45) is 3.62.